The van der Waals surface area contributed by atoms with Crippen molar-refractivity contribution >= 4 is 5.82 Å². The van der Waals surface area contributed by atoms with E-state index in [1.165, 1.54) is 37.8 Å². The maximum Gasteiger partial charge on any atom is 0.144 e. The Morgan fingerprint density at radius 2 is 2.08 bits per heavy atom. The van der Waals surface area contributed by atoms with Crippen molar-refractivity contribution in [3.8, 4) is 6.07 Å². The van der Waals surface area contributed by atoms with E-state index >= 15 is 0 Å². The van der Waals surface area contributed by atoms with Crippen molar-refractivity contribution in [1.82, 2.24) is 19.7 Å². The van der Waals surface area contributed by atoms with Crippen LogP contribution in [0.5, 0.6) is 0 Å². The van der Waals surface area contributed by atoms with Gasteiger partial charge in [-0.15, -0.1) is 0 Å². The molecule has 1 fully saturated rings. The molecule has 136 valence electrons. The van der Waals surface area contributed by atoms with Gasteiger partial charge in [-0.2, -0.15) is 10.4 Å². The molecule has 2 aromatic rings. The quantitative estimate of drug-likeness (QED) is 0.917. The maximum atomic E-state index is 9.24. The van der Waals surface area contributed by atoms with E-state index in [1.807, 2.05) is 19.1 Å². The molecular formula is C20H26N6. The first-order valence-corrected chi connectivity index (χ1v) is 9.64. The summed E-state index contributed by atoms with van der Waals surface area (Å²) in [5.41, 5.74) is 3.79. The standard InChI is InChI=1S/C20H26N6/c1-15-7-8-16(12-21)20(23-15)22-13-17-11-19-14-25(9-10-26(19)24-17)18-5-3-2-4-6-18/h7-8,11,18H,2-6,9-10,13-14H2,1H3,(H,22,23). The summed E-state index contributed by atoms with van der Waals surface area (Å²) < 4.78 is 2.14. The Morgan fingerprint density at radius 3 is 2.88 bits per heavy atom. The second-order valence-electron chi connectivity index (χ2n) is 7.43. The topological polar surface area (TPSA) is 69.8 Å². The normalized spacial score (nSPS) is 18.3. The molecule has 26 heavy (non-hydrogen) atoms. The summed E-state index contributed by atoms with van der Waals surface area (Å²) in [5, 5.41) is 17.3. The number of rotatable bonds is 4. The lowest BCUT2D eigenvalue weighted by Crippen LogP contribution is -2.42. The highest BCUT2D eigenvalue weighted by Gasteiger charge is 2.25. The summed E-state index contributed by atoms with van der Waals surface area (Å²) in [6.07, 6.45) is 6.84. The van der Waals surface area contributed by atoms with Crippen LogP contribution in [0.2, 0.25) is 0 Å². The van der Waals surface area contributed by atoms with Gasteiger partial charge in [0.15, 0.2) is 0 Å². The van der Waals surface area contributed by atoms with Crippen LogP contribution in [0.3, 0.4) is 0 Å². The minimum Gasteiger partial charge on any atom is -0.363 e. The molecule has 0 atom stereocenters. The van der Waals surface area contributed by atoms with Crippen LogP contribution in [-0.4, -0.2) is 32.3 Å². The number of nitrogens with zero attached hydrogens (tertiary/aromatic N) is 5. The third-order valence-corrected chi connectivity index (χ3v) is 5.56. The fourth-order valence-corrected chi connectivity index (χ4v) is 4.15. The summed E-state index contributed by atoms with van der Waals surface area (Å²) in [4.78, 5) is 7.08. The van der Waals surface area contributed by atoms with Gasteiger partial charge in [0.2, 0.25) is 0 Å². The number of nitrogens with one attached hydrogen (secondary N) is 1. The van der Waals surface area contributed by atoms with Crippen LogP contribution >= 0.6 is 0 Å². The molecule has 0 radical (unpaired) electrons. The molecule has 1 aliphatic heterocycles. The molecule has 1 aliphatic carbocycles. The average molecular weight is 350 g/mol. The Morgan fingerprint density at radius 1 is 1.23 bits per heavy atom. The second kappa shape index (κ2) is 7.46. The van der Waals surface area contributed by atoms with Crippen LogP contribution < -0.4 is 5.32 Å². The first-order valence-electron chi connectivity index (χ1n) is 9.64. The van der Waals surface area contributed by atoms with Gasteiger partial charge in [0.1, 0.15) is 11.9 Å². The summed E-state index contributed by atoms with van der Waals surface area (Å²) in [6.45, 7) is 5.60. The number of aromatic nitrogens is 3. The molecule has 2 aliphatic rings. The van der Waals surface area contributed by atoms with Gasteiger partial charge < -0.3 is 5.32 Å². The summed E-state index contributed by atoms with van der Waals surface area (Å²) >= 11 is 0. The van der Waals surface area contributed by atoms with Gasteiger partial charge >= 0.3 is 0 Å². The molecule has 2 aromatic heterocycles. The Kier molecular flexibility index (Phi) is 4.89. The van der Waals surface area contributed by atoms with Crippen LogP contribution in [0.25, 0.3) is 0 Å². The van der Waals surface area contributed by atoms with Crippen molar-refractivity contribution in [3.05, 3.63) is 40.8 Å². The lowest BCUT2D eigenvalue weighted by Gasteiger charge is -2.36. The average Bonchev–Trinajstić information content (AvgIpc) is 3.09. The largest absolute Gasteiger partial charge is 0.363 e. The smallest absolute Gasteiger partial charge is 0.144 e. The molecule has 0 aromatic carbocycles. The van der Waals surface area contributed by atoms with E-state index in [9.17, 15) is 5.26 Å². The molecular weight excluding hydrogens is 324 g/mol. The number of nitriles is 1. The van der Waals surface area contributed by atoms with Crippen molar-refractivity contribution in [1.29, 1.82) is 5.26 Å². The molecule has 1 saturated carbocycles. The summed E-state index contributed by atoms with van der Waals surface area (Å²) in [6, 6.07) is 8.81. The van der Waals surface area contributed by atoms with Gasteiger partial charge in [0.05, 0.1) is 30.0 Å². The molecule has 0 bridgehead atoms. The minimum atomic E-state index is 0.572. The molecule has 6 heteroatoms. The third kappa shape index (κ3) is 3.58. The lowest BCUT2D eigenvalue weighted by molar-refractivity contribution is 0.119. The molecule has 1 N–H and O–H groups in total. The van der Waals surface area contributed by atoms with Crippen LogP contribution in [0.1, 0.15) is 54.7 Å². The number of hydrogen-bond donors (Lipinski definition) is 1. The number of hydrogen-bond acceptors (Lipinski definition) is 5. The van der Waals surface area contributed by atoms with Gasteiger partial charge in [0, 0.05) is 24.8 Å². The number of anilines is 1. The Labute approximate surface area is 154 Å². The first-order chi connectivity index (χ1) is 12.7. The zero-order valence-corrected chi connectivity index (χ0v) is 15.4. The zero-order valence-electron chi connectivity index (χ0n) is 15.4. The SMILES string of the molecule is Cc1ccc(C#N)c(NCc2cc3n(n2)CCN(C2CCCCC2)C3)n1. The van der Waals surface area contributed by atoms with E-state index in [0.29, 0.717) is 17.9 Å². The number of fused-ring (bicyclic) bond motifs is 1. The fraction of sp³-hybridized carbons (Fsp3) is 0.550. The van der Waals surface area contributed by atoms with Crippen LogP contribution in [0.15, 0.2) is 18.2 Å². The van der Waals surface area contributed by atoms with Gasteiger partial charge in [-0.3, -0.25) is 9.58 Å². The Balaban J connectivity index is 1.42. The molecule has 0 unspecified atom stereocenters. The Bertz CT molecular complexity index is 812. The van der Waals surface area contributed by atoms with Crippen LogP contribution in [0.4, 0.5) is 5.82 Å². The number of aryl methyl sites for hydroxylation is 1. The van der Waals surface area contributed by atoms with Gasteiger partial charge in [-0.1, -0.05) is 19.3 Å². The van der Waals surface area contributed by atoms with Crippen molar-refractivity contribution in [2.75, 3.05) is 11.9 Å². The van der Waals surface area contributed by atoms with E-state index in [2.05, 4.69) is 32.0 Å². The molecule has 6 nitrogen and oxygen atoms in total. The monoisotopic (exact) mass is 350 g/mol. The van der Waals surface area contributed by atoms with E-state index in [4.69, 9.17) is 5.10 Å². The molecule has 0 spiro atoms. The van der Waals surface area contributed by atoms with Crippen molar-refractivity contribution in [2.45, 2.75) is 64.7 Å². The fourth-order valence-electron chi connectivity index (χ4n) is 4.15. The predicted octanol–water partition coefficient (Wildman–Crippen LogP) is 3.22. The Hall–Kier alpha value is -2.39. The predicted molar refractivity (Wildman–Crippen MR) is 101 cm³/mol. The third-order valence-electron chi connectivity index (χ3n) is 5.56. The molecule has 4 rings (SSSR count). The van der Waals surface area contributed by atoms with Gasteiger partial charge in [0.25, 0.3) is 0 Å². The van der Waals surface area contributed by atoms with E-state index < -0.39 is 0 Å². The lowest BCUT2D eigenvalue weighted by atomic mass is 9.94. The maximum absolute atomic E-state index is 9.24. The van der Waals surface area contributed by atoms with Crippen molar-refractivity contribution in [3.63, 3.8) is 0 Å². The highest BCUT2D eigenvalue weighted by molar-refractivity contribution is 5.52. The number of pyridine rings is 1. The highest BCUT2D eigenvalue weighted by atomic mass is 15.3. The zero-order chi connectivity index (χ0) is 17.9. The van der Waals surface area contributed by atoms with E-state index in [-0.39, 0.29) is 0 Å². The van der Waals surface area contributed by atoms with Crippen LogP contribution in [-0.2, 0) is 19.6 Å². The summed E-state index contributed by atoms with van der Waals surface area (Å²) in [5.74, 6) is 0.641. The summed E-state index contributed by atoms with van der Waals surface area (Å²) in [7, 11) is 0. The van der Waals surface area contributed by atoms with E-state index in [0.717, 1.165) is 37.1 Å². The highest BCUT2D eigenvalue weighted by Crippen LogP contribution is 2.26. The minimum absolute atomic E-state index is 0.572. The van der Waals surface area contributed by atoms with Crippen molar-refractivity contribution < 1.29 is 0 Å². The molecule has 0 amide bonds. The van der Waals surface area contributed by atoms with Gasteiger partial charge in [-0.25, -0.2) is 4.98 Å². The molecule has 3 heterocycles. The first kappa shape index (κ1) is 17.0. The van der Waals surface area contributed by atoms with Crippen molar-refractivity contribution in [2.24, 2.45) is 0 Å². The van der Waals surface area contributed by atoms with Crippen LogP contribution in [0, 0.1) is 18.3 Å². The van der Waals surface area contributed by atoms with E-state index in [1.54, 1.807) is 0 Å². The van der Waals surface area contributed by atoms with Gasteiger partial charge in [-0.05, 0) is 38.0 Å². The second-order valence-corrected chi connectivity index (χ2v) is 7.43. The molecule has 0 saturated heterocycles.